The molecule has 0 unspecified atom stereocenters. The molecule has 1 aromatic heterocycles. The van der Waals surface area contributed by atoms with Gasteiger partial charge in [-0.15, -0.1) is 0 Å². The lowest BCUT2D eigenvalue weighted by Crippen LogP contribution is -2.50. The largest absolute Gasteiger partial charge is 0.497 e. The highest BCUT2D eigenvalue weighted by Crippen LogP contribution is 2.19. The molecular weight excluding hydrogens is 440 g/mol. The fraction of sp³-hybridized carbons (Fsp3) is 0.417. The lowest BCUT2D eigenvalue weighted by Gasteiger charge is -2.35. The van der Waals surface area contributed by atoms with E-state index in [1.807, 2.05) is 41.3 Å². The van der Waals surface area contributed by atoms with E-state index in [-0.39, 0.29) is 18.2 Å². The van der Waals surface area contributed by atoms with Crippen LogP contribution in [0.15, 0.2) is 48.5 Å². The molecule has 1 aliphatic rings. The maximum absolute atomic E-state index is 13.1. The summed E-state index contributed by atoms with van der Waals surface area (Å²) >= 11 is 0. The number of piperazine rings is 1. The number of methoxy groups -OCH3 is 1. The zero-order chi connectivity index (χ0) is 23.4. The van der Waals surface area contributed by atoms with E-state index in [9.17, 15) is 13.2 Å². The number of benzene rings is 2. The third-order valence-electron chi connectivity index (χ3n) is 6.02. The van der Waals surface area contributed by atoms with E-state index in [0.717, 1.165) is 37.3 Å². The lowest BCUT2D eigenvalue weighted by atomic mass is 10.1. The van der Waals surface area contributed by atoms with Gasteiger partial charge in [-0.1, -0.05) is 24.3 Å². The third kappa shape index (κ3) is 5.91. The second-order valence-corrected chi connectivity index (χ2v) is 10.6. The predicted octanol–water partition coefficient (Wildman–Crippen LogP) is 1.98. The van der Waals surface area contributed by atoms with Crippen molar-refractivity contribution in [2.45, 2.75) is 18.7 Å². The molecule has 0 saturated carbocycles. The van der Waals surface area contributed by atoms with E-state index < -0.39 is 9.84 Å². The molecule has 1 amide bonds. The molecule has 0 spiro atoms. The van der Waals surface area contributed by atoms with Crippen LogP contribution in [0.2, 0.25) is 0 Å². The van der Waals surface area contributed by atoms with Gasteiger partial charge in [-0.05, 0) is 36.2 Å². The van der Waals surface area contributed by atoms with Crippen molar-refractivity contribution >= 4 is 26.8 Å². The van der Waals surface area contributed by atoms with Gasteiger partial charge >= 0.3 is 0 Å². The third-order valence-corrected chi connectivity index (χ3v) is 6.80. The molecule has 0 radical (unpaired) electrons. The highest BCUT2D eigenvalue weighted by Gasteiger charge is 2.23. The molecule has 1 saturated heterocycles. The first kappa shape index (κ1) is 23.3. The second-order valence-electron chi connectivity index (χ2n) is 8.49. The predicted molar refractivity (Wildman–Crippen MR) is 128 cm³/mol. The summed E-state index contributed by atoms with van der Waals surface area (Å²) in [6.45, 7) is 4.01. The molecule has 1 fully saturated rings. The molecular formula is C24H30N4O4S. The van der Waals surface area contributed by atoms with Crippen molar-refractivity contribution in [1.29, 1.82) is 0 Å². The summed E-state index contributed by atoms with van der Waals surface area (Å²) < 4.78 is 30.7. The Morgan fingerprint density at radius 3 is 2.39 bits per heavy atom. The number of aromatic nitrogens is 2. The van der Waals surface area contributed by atoms with Crippen molar-refractivity contribution in [2.75, 3.05) is 46.1 Å². The fourth-order valence-corrected chi connectivity index (χ4v) is 4.87. The number of rotatable bonds is 8. The summed E-state index contributed by atoms with van der Waals surface area (Å²) in [5.74, 6) is 1.07. The number of amides is 1. The minimum absolute atomic E-state index is 0.0114. The average Bonchev–Trinajstić information content (AvgIpc) is 3.13. The highest BCUT2D eigenvalue weighted by molar-refractivity contribution is 7.89. The normalized spacial score (nSPS) is 15.2. The van der Waals surface area contributed by atoms with Gasteiger partial charge in [-0.2, -0.15) is 0 Å². The van der Waals surface area contributed by atoms with Crippen molar-refractivity contribution in [3.8, 4) is 5.75 Å². The first-order valence-electron chi connectivity index (χ1n) is 11.1. The van der Waals surface area contributed by atoms with Crippen molar-refractivity contribution in [3.63, 3.8) is 0 Å². The van der Waals surface area contributed by atoms with Crippen LogP contribution in [0, 0.1) is 0 Å². The topological polar surface area (TPSA) is 84.7 Å². The van der Waals surface area contributed by atoms with Crippen LogP contribution in [0.5, 0.6) is 5.75 Å². The molecule has 0 N–H and O–H groups in total. The highest BCUT2D eigenvalue weighted by atomic mass is 32.2. The first-order valence-corrected chi connectivity index (χ1v) is 13.1. The van der Waals surface area contributed by atoms with Gasteiger partial charge < -0.3 is 14.2 Å². The molecule has 0 aliphatic carbocycles. The smallest absolute Gasteiger partial charge is 0.242 e. The van der Waals surface area contributed by atoms with Gasteiger partial charge in [0.2, 0.25) is 5.91 Å². The fourth-order valence-electron chi connectivity index (χ4n) is 4.18. The van der Waals surface area contributed by atoms with Crippen molar-refractivity contribution in [1.82, 2.24) is 19.4 Å². The number of fused-ring (bicyclic) bond motifs is 1. The van der Waals surface area contributed by atoms with E-state index in [4.69, 9.17) is 4.74 Å². The van der Waals surface area contributed by atoms with Crippen LogP contribution in [0.4, 0.5) is 0 Å². The Balaban J connectivity index is 1.35. The van der Waals surface area contributed by atoms with Gasteiger partial charge in [0.25, 0.3) is 0 Å². The van der Waals surface area contributed by atoms with Crippen LogP contribution in [-0.2, 0) is 33.4 Å². The number of ether oxygens (including phenoxy) is 1. The number of imidazole rings is 1. The molecule has 3 aromatic rings. The van der Waals surface area contributed by atoms with Crippen molar-refractivity contribution in [2.24, 2.45) is 0 Å². The van der Waals surface area contributed by atoms with E-state index in [1.54, 1.807) is 11.7 Å². The number of hydrogen-bond donors (Lipinski definition) is 0. The molecule has 4 rings (SSSR count). The van der Waals surface area contributed by atoms with Crippen LogP contribution in [0.3, 0.4) is 0 Å². The summed E-state index contributed by atoms with van der Waals surface area (Å²) in [4.78, 5) is 21.8. The summed E-state index contributed by atoms with van der Waals surface area (Å²) in [5.41, 5.74) is 2.75. The molecule has 1 aliphatic heterocycles. The molecule has 0 atom stereocenters. The molecule has 33 heavy (non-hydrogen) atoms. The molecule has 9 heteroatoms. The maximum atomic E-state index is 13.1. The molecule has 0 bridgehead atoms. The van der Waals surface area contributed by atoms with Crippen molar-refractivity contribution in [3.05, 3.63) is 59.9 Å². The molecule has 2 heterocycles. The standard InChI is InChI=1S/C24H30N4O4S/c1-32-20-9-7-19(8-10-20)11-12-26-13-15-27(16-14-26)24(29)17-28-22-6-4-3-5-21(22)25-23(28)18-33(2,30)31/h3-10H,11-18H2,1-2H3. The number of nitrogens with zero attached hydrogens (tertiary/aromatic N) is 4. The van der Waals surface area contributed by atoms with Crippen LogP contribution in [0.1, 0.15) is 11.4 Å². The monoisotopic (exact) mass is 470 g/mol. The van der Waals surface area contributed by atoms with Crippen molar-refractivity contribution < 1.29 is 17.9 Å². The number of carbonyl (C=O) groups is 1. The first-order chi connectivity index (χ1) is 15.8. The number of para-hydroxylation sites is 2. The minimum atomic E-state index is -3.27. The molecule has 176 valence electrons. The minimum Gasteiger partial charge on any atom is -0.497 e. The van der Waals surface area contributed by atoms with Gasteiger partial charge in [0.1, 0.15) is 23.9 Å². The molecule has 8 nitrogen and oxygen atoms in total. The van der Waals surface area contributed by atoms with E-state index >= 15 is 0 Å². The van der Waals surface area contributed by atoms with Crippen LogP contribution in [0.25, 0.3) is 11.0 Å². The zero-order valence-electron chi connectivity index (χ0n) is 19.1. The van der Waals surface area contributed by atoms with E-state index in [1.165, 1.54) is 11.8 Å². The zero-order valence-corrected chi connectivity index (χ0v) is 19.9. The average molecular weight is 471 g/mol. The summed E-state index contributed by atoms with van der Waals surface area (Å²) in [6, 6.07) is 15.6. The lowest BCUT2D eigenvalue weighted by molar-refractivity contribution is -0.133. The summed E-state index contributed by atoms with van der Waals surface area (Å²) in [5, 5.41) is 0. The van der Waals surface area contributed by atoms with E-state index in [2.05, 4.69) is 22.0 Å². The maximum Gasteiger partial charge on any atom is 0.242 e. The van der Waals surface area contributed by atoms with E-state index in [0.29, 0.717) is 24.4 Å². The van der Waals surface area contributed by atoms with Crippen LogP contribution < -0.4 is 4.74 Å². The van der Waals surface area contributed by atoms with Crippen LogP contribution in [-0.4, -0.2) is 79.8 Å². The Hall–Kier alpha value is -2.91. The Labute approximate surface area is 194 Å². The van der Waals surface area contributed by atoms with Gasteiger partial charge in [-0.3, -0.25) is 9.69 Å². The number of sulfone groups is 1. The number of hydrogen-bond acceptors (Lipinski definition) is 6. The quantitative estimate of drug-likeness (QED) is 0.501. The Bertz CT molecular complexity index is 1210. The van der Waals surface area contributed by atoms with Gasteiger partial charge in [0, 0.05) is 39.0 Å². The Morgan fingerprint density at radius 2 is 1.73 bits per heavy atom. The van der Waals surface area contributed by atoms with Gasteiger partial charge in [0.15, 0.2) is 9.84 Å². The SMILES string of the molecule is COc1ccc(CCN2CCN(C(=O)Cn3c(CS(C)(=O)=O)nc4ccccc43)CC2)cc1. The number of carbonyl (C=O) groups excluding carboxylic acids is 1. The Morgan fingerprint density at radius 1 is 1.03 bits per heavy atom. The van der Waals surface area contributed by atoms with Gasteiger partial charge in [-0.25, -0.2) is 13.4 Å². The summed E-state index contributed by atoms with van der Waals surface area (Å²) in [7, 11) is -1.61. The second kappa shape index (κ2) is 9.93. The Kier molecular flexibility index (Phi) is 6.99. The molecule has 2 aromatic carbocycles. The van der Waals surface area contributed by atoms with Crippen LogP contribution >= 0.6 is 0 Å². The van der Waals surface area contributed by atoms with Gasteiger partial charge in [0.05, 0.1) is 18.1 Å². The summed E-state index contributed by atoms with van der Waals surface area (Å²) in [6.07, 6.45) is 2.14.